The van der Waals surface area contributed by atoms with Crippen molar-refractivity contribution in [1.29, 1.82) is 0 Å². The molecule has 30 heavy (non-hydrogen) atoms. The summed E-state index contributed by atoms with van der Waals surface area (Å²) in [7, 11) is 1.92. The number of amides is 1. The third-order valence-corrected chi connectivity index (χ3v) is 5.83. The summed E-state index contributed by atoms with van der Waals surface area (Å²) in [6, 6.07) is 8.07. The van der Waals surface area contributed by atoms with E-state index in [1.165, 1.54) is 5.56 Å². The summed E-state index contributed by atoms with van der Waals surface area (Å²) in [6.45, 7) is 9.40. The first-order chi connectivity index (χ1) is 14.4. The number of aryl methyl sites for hydroxylation is 5. The van der Waals surface area contributed by atoms with E-state index in [1.54, 1.807) is 0 Å². The molecule has 0 radical (unpaired) electrons. The third kappa shape index (κ3) is 3.56. The number of hydrogen-bond acceptors (Lipinski definition) is 4. The topological polar surface area (TPSA) is 77.6 Å². The molecule has 4 rings (SSSR count). The number of aromatic nitrogens is 5. The molecule has 1 aromatic carbocycles. The van der Waals surface area contributed by atoms with E-state index in [1.807, 2.05) is 50.7 Å². The van der Waals surface area contributed by atoms with Gasteiger partial charge in [0.1, 0.15) is 5.82 Å². The summed E-state index contributed by atoms with van der Waals surface area (Å²) >= 11 is 0. The van der Waals surface area contributed by atoms with Crippen LogP contribution in [0.4, 0.5) is 0 Å². The summed E-state index contributed by atoms with van der Waals surface area (Å²) < 4.78 is 3.97. The maximum atomic E-state index is 12.5. The fraction of sp³-hybridized carbons (Fsp3) is 0.391. The number of rotatable bonds is 6. The Morgan fingerprint density at radius 1 is 1.07 bits per heavy atom. The molecule has 156 valence electrons. The predicted molar refractivity (Wildman–Crippen MR) is 119 cm³/mol. The number of carbonyl (C=O) groups is 1. The monoisotopic (exact) mass is 404 g/mol. The zero-order chi connectivity index (χ0) is 21.4. The van der Waals surface area contributed by atoms with E-state index in [0.717, 1.165) is 44.8 Å². The van der Waals surface area contributed by atoms with Gasteiger partial charge in [-0.2, -0.15) is 5.10 Å². The molecule has 0 saturated carbocycles. The fourth-order valence-corrected chi connectivity index (χ4v) is 4.34. The van der Waals surface area contributed by atoms with Crippen LogP contribution in [0.2, 0.25) is 0 Å². The zero-order valence-electron chi connectivity index (χ0n) is 18.3. The summed E-state index contributed by atoms with van der Waals surface area (Å²) in [5.74, 6) is 1.02. The second-order valence-corrected chi connectivity index (χ2v) is 7.86. The molecule has 0 fully saturated rings. The summed E-state index contributed by atoms with van der Waals surface area (Å²) in [4.78, 5) is 21.8. The second-order valence-electron chi connectivity index (χ2n) is 7.86. The Kier molecular flexibility index (Phi) is 5.28. The summed E-state index contributed by atoms with van der Waals surface area (Å²) in [5, 5.41) is 8.64. The number of nitrogens with zero attached hydrogens (tertiary/aromatic N) is 5. The molecule has 0 atom stereocenters. The number of fused-ring (bicyclic) bond motifs is 2. The van der Waals surface area contributed by atoms with Crippen LogP contribution in [-0.4, -0.2) is 36.8 Å². The molecule has 4 aromatic rings. The molecule has 3 aromatic heterocycles. The van der Waals surface area contributed by atoms with Gasteiger partial charge in [-0.15, -0.1) is 0 Å². The minimum absolute atomic E-state index is 0.0545. The number of nitrogens with one attached hydrogen (secondary N) is 1. The lowest BCUT2D eigenvalue weighted by molar-refractivity contribution is -0.121. The van der Waals surface area contributed by atoms with Gasteiger partial charge in [0, 0.05) is 37.6 Å². The van der Waals surface area contributed by atoms with Gasteiger partial charge < -0.3 is 9.88 Å². The Morgan fingerprint density at radius 3 is 2.63 bits per heavy atom. The highest BCUT2D eigenvalue weighted by Crippen LogP contribution is 2.26. The normalized spacial score (nSPS) is 11.5. The van der Waals surface area contributed by atoms with Crippen molar-refractivity contribution in [3.05, 3.63) is 52.6 Å². The van der Waals surface area contributed by atoms with Crippen LogP contribution in [-0.2, 0) is 24.8 Å². The van der Waals surface area contributed by atoms with Crippen LogP contribution in [0.3, 0.4) is 0 Å². The highest BCUT2D eigenvalue weighted by atomic mass is 16.1. The lowest BCUT2D eigenvalue weighted by Gasteiger charge is -2.12. The molecule has 3 heterocycles. The van der Waals surface area contributed by atoms with Crippen molar-refractivity contribution >= 4 is 28.0 Å². The van der Waals surface area contributed by atoms with Gasteiger partial charge >= 0.3 is 0 Å². The molecule has 0 unspecified atom stereocenters. The van der Waals surface area contributed by atoms with Gasteiger partial charge in [0.25, 0.3) is 0 Å². The molecule has 7 heteroatoms. The van der Waals surface area contributed by atoms with Gasteiger partial charge in [-0.05, 0) is 57.4 Å². The van der Waals surface area contributed by atoms with E-state index in [0.29, 0.717) is 25.9 Å². The Balaban J connectivity index is 1.39. The second kappa shape index (κ2) is 7.89. The number of hydrogen-bond donors (Lipinski definition) is 1. The smallest absolute Gasteiger partial charge is 0.220 e. The maximum Gasteiger partial charge on any atom is 0.220 e. The third-order valence-electron chi connectivity index (χ3n) is 5.83. The summed E-state index contributed by atoms with van der Waals surface area (Å²) in [5.41, 5.74) is 7.25. The standard InChI is InChI=1S/C23H28N6O/c1-14-18(15(2)25-23-22(14)16(3)27-28(23)5)10-11-21(30)24-12-13-29-17(4)26-19-8-6-7-9-20(19)29/h6-9H,10-13H2,1-5H3,(H,24,30). The Labute approximate surface area is 176 Å². The largest absolute Gasteiger partial charge is 0.354 e. The van der Waals surface area contributed by atoms with E-state index in [9.17, 15) is 4.79 Å². The predicted octanol–water partition coefficient (Wildman–Crippen LogP) is 3.30. The van der Waals surface area contributed by atoms with Gasteiger partial charge in [0.2, 0.25) is 5.91 Å². The minimum atomic E-state index is 0.0545. The van der Waals surface area contributed by atoms with Crippen LogP contribution in [0.5, 0.6) is 0 Å². The number of para-hydroxylation sites is 2. The molecule has 1 N–H and O–H groups in total. The first-order valence-corrected chi connectivity index (χ1v) is 10.3. The summed E-state index contributed by atoms with van der Waals surface area (Å²) in [6.07, 6.45) is 1.12. The Morgan fingerprint density at radius 2 is 1.83 bits per heavy atom. The molecule has 1 amide bonds. The highest BCUT2D eigenvalue weighted by molar-refractivity contribution is 5.84. The van der Waals surface area contributed by atoms with E-state index < -0.39 is 0 Å². The average Bonchev–Trinajstić information content (AvgIpc) is 3.17. The number of imidazole rings is 1. The Bertz CT molecular complexity index is 1250. The van der Waals surface area contributed by atoms with Gasteiger partial charge in [0.15, 0.2) is 5.65 Å². The van der Waals surface area contributed by atoms with Crippen molar-refractivity contribution < 1.29 is 4.79 Å². The van der Waals surface area contributed by atoms with Crippen molar-refractivity contribution in [1.82, 2.24) is 29.6 Å². The van der Waals surface area contributed by atoms with Crippen LogP contribution >= 0.6 is 0 Å². The number of pyridine rings is 1. The molecule has 7 nitrogen and oxygen atoms in total. The van der Waals surface area contributed by atoms with Gasteiger partial charge in [-0.3, -0.25) is 9.48 Å². The van der Waals surface area contributed by atoms with Crippen molar-refractivity contribution in [2.24, 2.45) is 7.05 Å². The van der Waals surface area contributed by atoms with Crippen LogP contribution in [0.25, 0.3) is 22.1 Å². The van der Waals surface area contributed by atoms with E-state index >= 15 is 0 Å². The minimum Gasteiger partial charge on any atom is -0.354 e. The molecule has 0 aliphatic carbocycles. The number of carbonyl (C=O) groups excluding carboxylic acids is 1. The van der Waals surface area contributed by atoms with Crippen LogP contribution in [0.1, 0.15) is 34.8 Å². The molecular formula is C23H28N6O. The van der Waals surface area contributed by atoms with Crippen molar-refractivity contribution in [3.63, 3.8) is 0 Å². The maximum absolute atomic E-state index is 12.5. The van der Waals surface area contributed by atoms with Crippen molar-refractivity contribution in [3.8, 4) is 0 Å². The zero-order valence-corrected chi connectivity index (χ0v) is 18.3. The average molecular weight is 405 g/mol. The lowest BCUT2D eigenvalue weighted by atomic mass is 9.99. The molecule has 0 spiro atoms. The molecule has 0 aliphatic heterocycles. The first kappa shape index (κ1) is 20.1. The molecular weight excluding hydrogens is 376 g/mol. The molecule has 0 saturated heterocycles. The van der Waals surface area contributed by atoms with Crippen molar-refractivity contribution in [2.75, 3.05) is 6.54 Å². The molecule has 0 aliphatic rings. The first-order valence-electron chi connectivity index (χ1n) is 10.3. The van der Waals surface area contributed by atoms with E-state index in [2.05, 4.69) is 33.0 Å². The van der Waals surface area contributed by atoms with Gasteiger partial charge in [-0.25, -0.2) is 9.97 Å². The van der Waals surface area contributed by atoms with Crippen LogP contribution < -0.4 is 5.32 Å². The lowest BCUT2D eigenvalue weighted by Crippen LogP contribution is -2.27. The SMILES string of the molecule is Cc1nc2c(c(C)nn2C)c(C)c1CCC(=O)NCCn1c(C)nc2ccccc21. The number of benzene rings is 1. The Hall–Kier alpha value is -3.22. The molecule has 0 bridgehead atoms. The van der Waals surface area contributed by atoms with Gasteiger partial charge in [-0.1, -0.05) is 12.1 Å². The van der Waals surface area contributed by atoms with E-state index in [-0.39, 0.29) is 5.91 Å². The van der Waals surface area contributed by atoms with Crippen molar-refractivity contribution in [2.45, 2.75) is 47.1 Å². The van der Waals surface area contributed by atoms with Crippen LogP contribution in [0.15, 0.2) is 24.3 Å². The van der Waals surface area contributed by atoms with Gasteiger partial charge in [0.05, 0.1) is 16.7 Å². The highest BCUT2D eigenvalue weighted by Gasteiger charge is 2.16. The fourth-order valence-electron chi connectivity index (χ4n) is 4.34. The van der Waals surface area contributed by atoms with Crippen LogP contribution in [0, 0.1) is 27.7 Å². The quantitative estimate of drug-likeness (QED) is 0.535. The van der Waals surface area contributed by atoms with E-state index in [4.69, 9.17) is 4.98 Å².